The minimum absolute atomic E-state index is 0.0370. The summed E-state index contributed by atoms with van der Waals surface area (Å²) in [6.07, 6.45) is 1.78. The molecule has 1 aliphatic heterocycles. The number of morpholine rings is 1. The number of aryl methyl sites for hydroxylation is 1. The molecule has 136 valence electrons. The summed E-state index contributed by atoms with van der Waals surface area (Å²) in [4.78, 5) is 2.30. The van der Waals surface area contributed by atoms with Crippen molar-refractivity contribution in [2.75, 3.05) is 32.1 Å². The maximum atomic E-state index is 6.06. The van der Waals surface area contributed by atoms with Gasteiger partial charge in [0, 0.05) is 26.3 Å². The van der Waals surface area contributed by atoms with Crippen molar-refractivity contribution in [1.29, 1.82) is 0 Å². The molecule has 1 fully saturated rings. The highest BCUT2D eigenvalue weighted by molar-refractivity contribution is 5.38. The molecule has 4 rings (SSSR count). The number of anilines is 1. The minimum atomic E-state index is -0.0370. The zero-order valence-corrected chi connectivity index (χ0v) is 14.9. The van der Waals surface area contributed by atoms with Crippen molar-refractivity contribution in [3.05, 3.63) is 48.3 Å². The van der Waals surface area contributed by atoms with Crippen LogP contribution in [0.3, 0.4) is 0 Å². The summed E-state index contributed by atoms with van der Waals surface area (Å²) >= 11 is 0. The monoisotopic (exact) mass is 354 g/mol. The van der Waals surface area contributed by atoms with Crippen LogP contribution in [0.4, 0.5) is 5.95 Å². The fourth-order valence-electron chi connectivity index (χ4n) is 3.36. The number of aromatic nitrogens is 6. The molecule has 2 atom stereocenters. The molecule has 0 radical (unpaired) electrons. The first-order valence-corrected chi connectivity index (χ1v) is 8.61. The summed E-state index contributed by atoms with van der Waals surface area (Å²) in [5, 5.41) is 19.6. The average molecular weight is 354 g/mol. The van der Waals surface area contributed by atoms with Crippen LogP contribution in [0.25, 0.3) is 5.69 Å². The molecule has 1 aliphatic rings. The maximum absolute atomic E-state index is 6.06. The van der Waals surface area contributed by atoms with Gasteiger partial charge in [0.2, 0.25) is 5.95 Å². The topological polar surface area (TPSA) is 85.9 Å². The van der Waals surface area contributed by atoms with E-state index < -0.39 is 0 Å². The second-order valence-corrected chi connectivity index (χ2v) is 6.35. The van der Waals surface area contributed by atoms with Gasteiger partial charge in [0.1, 0.15) is 0 Å². The quantitative estimate of drug-likeness (QED) is 0.728. The van der Waals surface area contributed by atoms with Crippen LogP contribution in [-0.2, 0) is 11.8 Å². The molecule has 2 aromatic heterocycles. The van der Waals surface area contributed by atoms with E-state index in [4.69, 9.17) is 4.74 Å². The second kappa shape index (κ2) is 7.22. The number of para-hydroxylation sites is 1. The molecule has 3 aromatic rings. The molecule has 0 spiro atoms. The fourth-order valence-corrected chi connectivity index (χ4v) is 3.36. The van der Waals surface area contributed by atoms with E-state index >= 15 is 0 Å². The van der Waals surface area contributed by atoms with Crippen molar-refractivity contribution in [3.8, 4) is 5.69 Å². The molecule has 3 heterocycles. The largest absolute Gasteiger partial charge is 0.373 e. The van der Waals surface area contributed by atoms with E-state index in [0.717, 1.165) is 17.9 Å². The summed E-state index contributed by atoms with van der Waals surface area (Å²) in [6.45, 7) is 2.17. The number of ether oxygens (including phenoxy) is 1. The summed E-state index contributed by atoms with van der Waals surface area (Å²) in [5.41, 5.74) is 2.03. The van der Waals surface area contributed by atoms with Gasteiger partial charge in [-0.1, -0.05) is 23.3 Å². The molecule has 1 saturated heterocycles. The van der Waals surface area contributed by atoms with Crippen LogP contribution in [0, 0.1) is 0 Å². The number of hydrogen-bond donors (Lipinski definition) is 1. The van der Waals surface area contributed by atoms with Gasteiger partial charge in [-0.3, -0.25) is 9.58 Å². The van der Waals surface area contributed by atoms with Gasteiger partial charge in [-0.25, -0.2) is 0 Å². The van der Waals surface area contributed by atoms with Crippen LogP contribution in [0.1, 0.15) is 11.7 Å². The van der Waals surface area contributed by atoms with Crippen molar-refractivity contribution in [1.82, 2.24) is 34.9 Å². The van der Waals surface area contributed by atoms with E-state index in [1.165, 1.54) is 0 Å². The Morgan fingerprint density at radius 1 is 1.19 bits per heavy atom. The highest BCUT2D eigenvalue weighted by Gasteiger charge is 2.33. The number of tetrazole rings is 1. The zero-order valence-electron chi connectivity index (χ0n) is 14.9. The van der Waals surface area contributed by atoms with Gasteiger partial charge in [-0.2, -0.15) is 9.78 Å². The molecule has 0 unspecified atom stereocenters. The van der Waals surface area contributed by atoms with Gasteiger partial charge >= 0.3 is 0 Å². The minimum Gasteiger partial charge on any atom is -0.373 e. The molecule has 1 N–H and O–H groups in total. The number of benzene rings is 1. The number of likely N-dealkylation sites (N-methyl/N-ethyl adjacent to an activating group) is 1. The second-order valence-electron chi connectivity index (χ2n) is 6.35. The summed E-state index contributed by atoms with van der Waals surface area (Å²) < 4.78 is 9.65. The number of rotatable bonds is 5. The predicted molar refractivity (Wildman–Crippen MR) is 96.0 cm³/mol. The van der Waals surface area contributed by atoms with Crippen LogP contribution in [-0.4, -0.2) is 67.7 Å². The third-order valence-corrected chi connectivity index (χ3v) is 4.70. The number of nitrogens with one attached hydrogen (secondary N) is 1. The van der Waals surface area contributed by atoms with Crippen molar-refractivity contribution >= 4 is 5.95 Å². The van der Waals surface area contributed by atoms with Crippen molar-refractivity contribution in [3.63, 3.8) is 0 Å². The van der Waals surface area contributed by atoms with Crippen LogP contribution in [0.15, 0.2) is 42.6 Å². The molecule has 0 aliphatic carbocycles. The lowest BCUT2D eigenvalue weighted by atomic mass is 10.0. The Balaban J connectivity index is 1.52. The SMILES string of the molecule is CN1CCO[C@@H](CNc2nnnn2-c2ccccc2)[C@@H]1c1ccnn1C. The van der Waals surface area contributed by atoms with Gasteiger partial charge < -0.3 is 10.1 Å². The van der Waals surface area contributed by atoms with E-state index in [1.807, 2.05) is 54.3 Å². The van der Waals surface area contributed by atoms with Crippen molar-refractivity contribution < 1.29 is 4.74 Å². The molecule has 0 saturated carbocycles. The predicted octanol–water partition coefficient (Wildman–Crippen LogP) is 0.880. The Kier molecular flexibility index (Phi) is 4.63. The van der Waals surface area contributed by atoms with E-state index in [1.54, 1.807) is 4.68 Å². The fraction of sp³-hybridized carbons (Fsp3) is 0.412. The van der Waals surface area contributed by atoms with Crippen molar-refractivity contribution in [2.45, 2.75) is 12.1 Å². The Labute approximate surface area is 151 Å². The van der Waals surface area contributed by atoms with Crippen LogP contribution in [0.2, 0.25) is 0 Å². The summed E-state index contributed by atoms with van der Waals surface area (Å²) in [6, 6.07) is 12.0. The average Bonchev–Trinajstić information content (AvgIpc) is 3.30. The van der Waals surface area contributed by atoms with E-state index in [-0.39, 0.29) is 12.1 Å². The Bertz CT molecular complexity index is 845. The smallest absolute Gasteiger partial charge is 0.247 e. The molecule has 9 nitrogen and oxygen atoms in total. The highest BCUT2D eigenvalue weighted by Crippen LogP contribution is 2.28. The standard InChI is InChI=1S/C17H22N8O/c1-23-10-11-26-15(16(23)14-8-9-19-24(14)2)12-18-17-20-21-22-25(17)13-6-4-3-5-7-13/h3-9,15-16H,10-12H2,1-2H3,(H,18,20,22)/t15-,16-/m0/s1. The molecule has 1 aromatic carbocycles. The molecule has 0 amide bonds. The van der Waals surface area contributed by atoms with Crippen LogP contribution < -0.4 is 5.32 Å². The Morgan fingerprint density at radius 3 is 2.81 bits per heavy atom. The van der Waals surface area contributed by atoms with Crippen LogP contribution >= 0.6 is 0 Å². The Hall–Kier alpha value is -2.78. The third-order valence-electron chi connectivity index (χ3n) is 4.70. The van der Waals surface area contributed by atoms with Crippen LogP contribution in [0.5, 0.6) is 0 Å². The lowest BCUT2D eigenvalue weighted by Gasteiger charge is -2.39. The maximum Gasteiger partial charge on any atom is 0.247 e. The first kappa shape index (κ1) is 16.7. The first-order chi connectivity index (χ1) is 12.7. The normalized spacial score (nSPS) is 21.0. The molecule has 0 bridgehead atoms. The van der Waals surface area contributed by atoms with E-state index in [9.17, 15) is 0 Å². The van der Waals surface area contributed by atoms with Gasteiger partial charge in [-0.15, -0.1) is 0 Å². The number of nitrogens with zero attached hydrogens (tertiary/aromatic N) is 7. The van der Waals surface area contributed by atoms with Gasteiger partial charge in [-0.05, 0) is 35.7 Å². The van der Waals surface area contributed by atoms with E-state index in [2.05, 4.69) is 37.9 Å². The van der Waals surface area contributed by atoms with Gasteiger partial charge in [0.25, 0.3) is 0 Å². The summed E-state index contributed by atoms with van der Waals surface area (Å²) in [5.74, 6) is 0.594. The lowest BCUT2D eigenvalue weighted by Crippen LogP contribution is -2.46. The third kappa shape index (κ3) is 3.18. The lowest BCUT2D eigenvalue weighted by molar-refractivity contribution is -0.0582. The molecule has 9 heteroatoms. The molecular weight excluding hydrogens is 332 g/mol. The van der Waals surface area contributed by atoms with Gasteiger partial charge in [0.15, 0.2) is 0 Å². The number of hydrogen-bond acceptors (Lipinski definition) is 7. The molecular formula is C17H22N8O. The molecule has 26 heavy (non-hydrogen) atoms. The van der Waals surface area contributed by atoms with Crippen molar-refractivity contribution in [2.24, 2.45) is 7.05 Å². The van der Waals surface area contributed by atoms with Gasteiger partial charge in [0.05, 0.1) is 30.1 Å². The first-order valence-electron chi connectivity index (χ1n) is 8.61. The van der Waals surface area contributed by atoms with E-state index in [0.29, 0.717) is 19.1 Å². The highest BCUT2D eigenvalue weighted by atomic mass is 16.5. The Morgan fingerprint density at radius 2 is 2.04 bits per heavy atom. The zero-order chi connectivity index (χ0) is 17.9. The summed E-state index contributed by atoms with van der Waals surface area (Å²) in [7, 11) is 4.07.